The van der Waals surface area contributed by atoms with Crippen molar-refractivity contribution < 1.29 is 29.0 Å². The van der Waals surface area contributed by atoms with Crippen LogP contribution in [0.5, 0.6) is 5.75 Å². The van der Waals surface area contributed by atoms with Crippen molar-refractivity contribution >= 4 is 23.4 Å². The predicted molar refractivity (Wildman–Crippen MR) is 144 cm³/mol. The molecule has 0 radical (unpaired) electrons. The van der Waals surface area contributed by atoms with Gasteiger partial charge in [0, 0.05) is 25.4 Å². The highest BCUT2D eigenvalue weighted by atomic mass is 16.5. The van der Waals surface area contributed by atoms with E-state index in [0.29, 0.717) is 57.5 Å². The summed E-state index contributed by atoms with van der Waals surface area (Å²) in [5.74, 6) is -1.36. The largest absolute Gasteiger partial charge is 0.494 e. The fraction of sp³-hybridized carbons (Fsp3) is 0.690. The number of aliphatic hydroxyl groups is 1. The molecule has 4 rings (SSSR count). The number of fused-ring (bicyclic) bond motifs is 1. The lowest BCUT2D eigenvalue weighted by atomic mass is 9.65. The fourth-order valence-electron chi connectivity index (χ4n) is 6.76. The summed E-state index contributed by atoms with van der Waals surface area (Å²) in [5.41, 5.74) is -1.19. The molecule has 5 atom stereocenters. The number of aliphatic hydroxyl groups excluding tert-OH is 1. The second kappa shape index (κ2) is 12.0. The molecule has 1 aromatic rings. The highest BCUT2D eigenvalue weighted by Gasteiger charge is 2.78. The Bertz CT molecular complexity index is 1000. The van der Waals surface area contributed by atoms with Crippen LogP contribution in [0.1, 0.15) is 72.1 Å². The molecule has 3 saturated heterocycles. The molecule has 3 amide bonds. The molecule has 9 nitrogen and oxygen atoms in total. The fourth-order valence-corrected chi connectivity index (χ4v) is 6.76. The quantitative estimate of drug-likeness (QED) is 0.319. The number of amides is 3. The Hall–Kier alpha value is -2.65. The van der Waals surface area contributed by atoms with Crippen molar-refractivity contribution in [3.05, 3.63) is 24.3 Å². The van der Waals surface area contributed by atoms with E-state index in [1.54, 1.807) is 29.2 Å². The van der Waals surface area contributed by atoms with Gasteiger partial charge >= 0.3 is 0 Å². The van der Waals surface area contributed by atoms with Gasteiger partial charge in [0.1, 0.15) is 17.4 Å². The van der Waals surface area contributed by atoms with Crippen molar-refractivity contribution in [2.45, 2.75) is 89.4 Å². The first kappa shape index (κ1) is 28.4. The Balaban J connectivity index is 1.62. The van der Waals surface area contributed by atoms with Crippen LogP contribution in [-0.4, -0.2) is 71.3 Å². The van der Waals surface area contributed by atoms with Crippen molar-refractivity contribution in [3.8, 4) is 5.75 Å². The molecule has 0 saturated carbocycles. The zero-order chi connectivity index (χ0) is 27.3. The molecule has 3 N–H and O–H groups in total. The van der Waals surface area contributed by atoms with Gasteiger partial charge in [-0.3, -0.25) is 14.4 Å². The molecule has 38 heavy (non-hydrogen) atoms. The Morgan fingerprint density at radius 3 is 2.50 bits per heavy atom. The van der Waals surface area contributed by atoms with Crippen LogP contribution >= 0.6 is 0 Å². The number of benzene rings is 1. The van der Waals surface area contributed by atoms with Crippen LogP contribution in [0, 0.1) is 11.8 Å². The smallest absolute Gasteiger partial charge is 0.245 e. The monoisotopic (exact) mass is 529 g/mol. The SMILES string of the molecule is CCCCCNC(=O)C1N(CCCCO)C(=O)[C@@H]2[C@H](C(=O)Nc3ccc(OCC)cc3)[C@]3(CC)CCC12O3. The maximum absolute atomic E-state index is 14.0. The van der Waals surface area contributed by atoms with E-state index in [1.165, 1.54) is 0 Å². The Morgan fingerprint density at radius 1 is 1.08 bits per heavy atom. The van der Waals surface area contributed by atoms with E-state index in [0.717, 1.165) is 25.0 Å². The topological polar surface area (TPSA) is 117 Å². The molecule has 2 unspecified atom stereocenters. The lowest BCUT2D eigenvalue weighted by molar-refractivity contribution is -0.146. The molecule has 1 spiro atoms. The number of nitrogens with one attached hydrogen (secondary N) is 2. The number of hydrogen-bond donors (Lipinski definition) is 3. The summed E-state index contributed by atoms with van der Waals surface area (Å²) >= 11 is 0. The minimum absolute atomic E-state index is 0.0209. The molecule has 2 bridgehead atoms. The maximum Gasteiger partial charge on any atom is 0.245 e. The Kier molecular flexibility index (Phi) is 8.98. The number of anilines is 1. The van der Waals surface area contributed by atoms with Gasteiger partial charge in [0.25, 0.3) is 0 Å². The van der Waals surface area contributed by atoms with Crippen molar-refractivity contribution in [1.29, 1.82) is 0 Å². The Morgan fingerprint density at radius 2 is 1.84 bits per heavy atom. The third-order valence-corrected chi connectivity index (χ3v) is 8.53. The van der Waals surface area contributed by atoms with Gasteiger partial charge < -0.3 is 30.1 Å². The molecular formula is C29H43N3O6. The molecule has 210 valence electrons. The summed E-state index contributed by atoms with van der Waals surface area (Å²) in [6.07, 6.45) is 5.81. The van der Waals surface area contributed by atoms with Gasteiger partial charge in [0.2, 0.25) is 17.7 Å². The minimum Gasteiger partial charge on any atom is -0.494 e. The number of rotatable bonds is 14. The van der Waals surface area contributed by atoms with E-state index >= 15 is 0 Å². The van der Waals surface area contributed by atoms with Crippen LogP contribution < -0.4 is 15.4 Å². The molecule has 3 heterocycles. The zero-order valence-electron chi connectivity index (χ0n) is 23.0. The first-order valence-corrected chi connectivity index (χ1v) is 14.3. The zero-order valence-corrected chi connectivity index (χ0v) is 23.0. The summed E-state index contributed by atoms with van der Waals surface area (Å²) in [6.45, 7) is 7.47. The number of hydrogen-bond acceptors (Lipinski definition) is 6. The highest BCUT2D eigenvalue weighted by molar-refractivity contribution is 6.02. The van der Waals surface area contributed by atoms with Gasteiger partial charge in [-0.05, 0) is 69.7 Å². The second-order valence-corrected chi connectivity index (χ2v) is 10.7. The molecular weight excluding hydrogens is 486 g/mol. The van der Waals surface area contributed by atoms with Gasteiger partial charge in [0.05, 0.1) is 24.0 Å². The number of carbonyl (C=O) groups is 3. The molecule has 0 aliphatic carbocycles. The van der Waals surface area contributed by atoms with Crippen molar-refractivity contribution in [2.24, 2.45) is 11.8 Å². The van der Waals surface area contributed by atoms with Crippen LogP contribution in [-0.2, 0) is 19.1 Å². The predicted octanol–water partition coefficient (Wildman–Crippen LogP) is 3.26. The van der Waals surface area contributed by atoms with E-state index < -0.39 is 29.1 Å². The highest BCUT2D eigenvalue weighted by Crippen LogP contribution is 2.64. The summed E-state index contributed by atoms with van der Waals surface area (Å²) in [5, 5.41) is 15.4. The van der Waals surface area contributed by atoms with Gasteiger partial charge in [-0.25, -0.2) is 0 Å². The normalized spacial score (nSPS) is 29.4. The third-order valence-electron chi connectivity index (χ3n) is 8.53. The summed E-state index contributed by atoms with van der Waals surface area (Å²) in [7, 11) is 0. The average Bonchev–Trinajstić information content (AvgIpc) is 3.52. The third kappa shape index (κ3) is 5.02. The first-order valence-electron chi connectivity index (χ1n) is 14.3. The number of ether oxygens (including phenoxy) is 2. The van der Waals surface area contributed by atoms with Gasteiger partial charge in [-0.2, -0.15) is 0 Å². The van der Waals surface area contributed by atoms with Crippen LogP contribution in [0.3, 0.4) is 0 Å². The van der Waals surface area contributed by atoms with Crippen LogP contribution in [0.15, 0.2) is 24.3 Å². The Labute approximate surface area is 225 Å². The van der Waals surface area contributed by atoms with Crippen LogP contribution in [0.4, 0.5) is 5.69 Å². The molecule has 3 fully saturated rings. The van der Waals surface area contributed by atoms with Crippen molar-refractivity contribution in [3.63, 3.8) is 0 Å². The number of nitrogens with zero attached hydrogens (tertiary/aromatic N) is 1. The van der Waals surface area contributed by atoms with Crippen molar-refractivity contribution in [1.82, 2.24) is 10.2 Å². The van der Waals surface area contributed by atoms with Crippen LogP contribution in [0.25, 0.3) is 0 Å². The summed E-state index contributed by atoms with van der Waals surface area (Å²) in [4.78, 5) is 43.1. The van der Waals surface area contributed by atoms with Gasteiger partial charge in [-0.15, -0.1) is 0 Å². The molecule has 0 aromatic heterocycles. The molecule has 1 aromatic carbocycles. The van der Waals surface area contributed by atoms with Crippen molar-refractivity contribution in [2.75, 3.05) is 31.6 Å². The average molecular weight is 530 g/mol. The molecule has 3 aliphatic heterocycles. The second-order valence-electron chi connectivity index (χ2n) is 10.7. The minimum atomic E-state index is -1.03. The maximum atomic E-state index is 14.0. The number of carbonyl (C=O) groups excluding carboxylic acids is 3. The van der Waals surface area contributed by atoms with E-state index in [1.807, 2.05) is 13.8 Å². The lowest BCUT2D eigenvalue weighted by Crippen LogP contribution is -2.55. The number of likely N-dealkylation sites (tertiary alicyclic amines) is 1. The van der Waals surface area contributed by atoms with E-state index in [9.17, 15) is 19.5 Å². The van der Waals surface area contributed by atoms with Gasteiger partial charge in [0.15, 0.2) is 0 Å². The van der Waals surface area contributed by atoms with Crippen LogP contribution in [0.2, 0.25) is 0 Å². The lowest BCUT2D eigenvalue weighted by Gasteiger charge is -2.34. The van der Waals surface area contributed by atoms with E-state index in [-0.39, 0.29) is 24.3 Å². The van der Waals surface area contributed by atoms with Gasteiger partial charge in [-0.1, -0.05) is 26.7 Å². The standard InChI is InChI=1S/C29H43N3O6/c1-4-7-8-17-30-26(35)24-29-16-15-28(5-2,38-29)22(23(29)27(36)32(24)18-9-10-19-33)25(34)31-20-11-13-21(14-12-20)37-6-3/h11-14,22-24,33H,4-10,15-19H2,1-3H3,(H,30,35)(H,31,34)/t22-,23+,24?,28+,29?/m1/s1. The van der Waals surface area contributed by atoms with E-state index in [4.69, 9.17) is 9.47 Å². The summed E-state index contributed by atoms with van der Waals surface area (Å²) < 4.78 is 12.3. The number of unbranched alkanes of at least 4 members (excludes halogenated alkanes) is 3. The molecule has 3 aliphatic rings. The summed E-state index contributed by atoms with van der Waals surface area (Å²) in [6, 6.07) is 6.40. The molecule has 9 heteroatoms. The first-order chi connectivity index (χ1) is 18.4. The van der Waals surface area contributed by atoms with E-state index in [2.05, 4.69) is 17.6 Å².